The summed E-state index contributed by atoms with van der Waals surface area (Å²) in [5.41, 5.74) is -0.894. The van der Waals surface area contributed by atoms with Crippen LogP contribution < -0.4 is 5.56 Å². The van der Waals surface area contributed by atoms with Gasteiger partial charge in [0.25, 0.3) is 5.56 Å². The summed E-state index contributed by atoms with van der Waals surface area (Å²) in [4.78, 5) is 13.8. The predicted molar refractivity (Wildman–Crippen MR) is 71.0 cm³/mol. The molecule has 0 saturated heterocycles. The molecule has 0 aliphatic carbocycles. The number of hydrogen-bond acceptors (Lipinski definition) is 2. The van der Waals surface area contributed by atoms with Crippen LogP contribution >= 0.6 is 12.2 Å². The van der Waals surface area contributed by atoms with Crippen LogP contribution in [0.25, 0.3) is 0 Å². The number of aromatic nitrogens is 2. The topological polar surface area (TPSA) is 37.8 Å². The molecular weight excluding hydrogens is 289 g/mol. The van der Waals surface area contributed by atoms with Gasteiger partial charge in [0.05, 0.1) is 0 Å². The number of nitrogens with one attached hydrogen (secondary N) is 1. The largest absolute Gasteiger partial charge is 0.431 e. The molecule has 0 saturated carbocycles. The standard InChI is InChI=1S/C13H11F3N2OS/c14-13(15,16)10-8-11(19)18(12(20)17-10)7-6-9-4-2-1-3-5-9/h1-5,8H,6-7H2,(H,17,20). The van der Waals surface area contributed by atoms with Gasteiger partial charge in [0.15, 0.2) is 4.77 Å². The Hall–Kier alpha value is -1.89. The summed E-state index contributed by atoms with van der Waals surface area (Å²) in [7, 11) is 0. The highest BCUT2D eigenvalue weighted by molar-refractivity contribution is 7.71. The number of H-pyrrole nitrogens is 1. The number of aryl methyl sites for hydroxylation is 1. The summed E-state index contributed by atoms with van der Waals surface area (Å²) in [5, 5.41) is 0. The first-order valence-electron chi connectivity index (χ1n) is 5.83. The minimum Gasteiger partial charge on any atom is -0.328 e. The molecule has 0 spiro atoms. The average molecular weight is 300 g/mol. The van der Waals surface area contributed by atoms with E-state index in [-0.39, 0.29) is 11.3 Å². The lowest BCUT2D eigenvalue weighted by molar-refractivity contribution is -0.141. The quantitative estimate of drug-likeness (QED) is 0.884. The van der Waals surface area contributed by atoms with Gasteiger partial charge in [-0.2, -0.15) is 13.2 Å². The molecule has 0 unspecified atom stereocenters. The summed E-state index contributed by atoms with van der Waals surface area (Å²) >= 11 is 4.82. The first-order chi connectivity index (χ1) is 9.38. The molecule has 0 atom stereocenters. The molecule has 0 radical (unpaired) electrons. The number of halogens is 3. The van der Waals surface area contributed by atoms with Gasteiger partial charge < -0.3 is 4.98 Å². The van der Waals surface area contributed by atoms with Crippen LogP contribution in [0.1, 0.15) is 11.3 Å². The van der Waals surface area contributed by atoms with Gasteiger partial charge >= 0.3 is 6.18 Å². The number of alkyl halides is 3. The highest BCUT2D eigenvalue weighted by Crippen LogP contribution is 2.26. The van der Waals surface area contributed by atoms with Gasteiger partial charge in [0.1, 0.15) is 5.69 Å². The van der Waals surface area contributed by atoms with Crippen molar-refractivity contribution in [2.45, 2.75) is 19.1 Å². The van der Waals surface area contributed by atoms with Crippen LogP contribution in [-0.4, -0.2) is 9.55 Å². The zero-order chi connectivity index (χ0) is 14.8. The molecule has 2 rings (SSSR count). The number of hydrogen-bond donors (Lipinski definition) is 1. The van der Waals surface area contributed by atoms with Crippen molar-refractivity contribution < 1.29 is 13.2 Å². The van der Waals surface area contributed by atoms with E-state index in [2.05, 4.69) is 0 Å². The van der Waals surface area contributed by atoms with Crippen LogP contribution in [0.15, 0.2) is 41.2 Å². The van der Waals surface area contributed by atoms with E-state index in [1.165, 1.54) is 0 Å². The van der Waals surface area contributed by atoms with Gasteiger partial charge in [-0.1, -0.05) is 30.3 Å². The van der Waals surface area contributed by atoms with Crippen molar-refractivity contribution in [3.05, 3.63) is 62.8 Å². The van der Waals surface area contributed by atoms with E-state index in [1.54, 1.807) is 0 Å². The van der Waals surface area contributed by atoms with E-state index in [4.69, 9.17) is 12.2 Å². The van der Waals surface area contributed by atoms with Gasteiger partial charge in [-0.3, -0.25) is 9.36 Å². The molecule has 1 aromatic heterocycles. The van der Waals surface area contributed by atoms with Crippen LogP contribution in [0, 0.1) is 4.77 Å². The second-order valence-electron chi connectivity index (χ2n) is 4.21. The Morgan fingerprint density at radius 1 is 1.20 bits per heavy atom. The normalized spacial score (nSPS) is 11.6. The Morgan fingerprint density at radius 2 is 1.85 bits per heavy atom. The molecule has 0 fully saturated rings. The van der Waals surface area contributed by atoms with E-state index in [9.17, 15) is 18.0 Å². The number of rotatable bonds is 3. The van der Waals surface area contributed by atoms with E-state index in [0.29, 0.717) is 12.5 Å². The zero-order valence-electron chi connectivity index (χ0n) is 10.3. The van der Waals surface area contributed by atoms with E-state index >= 15 is 0 Å². The summed E-state index contributed by atoms with van der Waals surface area (Å²) in [5.74, 6) is 0. The Balaban J connectivity index is 2.26. The maximum absolute atomic E-state index is 12.5. The molecule has 1 aromatic carbocycles. The smallest absolute Gasteiger partial charge is 0.328 e. The second kappa shape index (κ2) is 5.62. The molecule has 0 aliphatic rings. The summed E-state index contributed by atoms with van der Waals surface area (Å²) in [6.07, 6.45) is -4.09. The SMILES string of the molecule is O=c1cc(C(F)(F)F)[nH]c(=S)n1CCc1ccccc1. The fourth-order valence-electron chi connectivity index (χ4n) is 1.77. The van der Waals surface area contributed by atoms with Crippen LogP contribution in [0.3, 0.4) is 0 Å². The highest BCUT2D eigenvalue weighted by atomic mass is 32.1. The summed E-state index contributed by atoms with van der Waals surface area (Å²) < 4.78 is 38.4. The Labute approximate surface area is 117 Å². The molecule has 7 heteroatoms. The summed E-state index contributed by atoms with van der Waals surface area (Å²) in [6.45, 7) is 0.232. The maximum Gasteiger partial charge on any atom is 0.431 e. The fraction of sp³-hybridized carbons (Fsp3) is 0.231. The third-order valence-corrected chi connectivity index (χ3v) is 3.12. The minimum atomic E-state index is -4.61. The molecule has 1 N–H and O–H groups in total. The first-order valence-corrected chi connectivity index (χ1v) is 6.24. The first kappa shape index (κ1) is 14.5. The Bertz CT molecular complexity index is 673. The number of benzene rings is 1. The molecule has 3 nitrogen and oxygen atoms in total. The van der Waals surface area contributed by atoms with Gasteiger partial charge in [0.2, 0.25) is 0 Å². The van der Waals surface area contributed by atoms with E-state index in [1.807, 2.05) is 35.3 Å². The molecule has 0 aliphatic heterocycles. The second-order valence-corrected chi connectivity index (χ2v) is 4.60. The van der Waals surface area contributed by atoms with Gasteiger partial charge in [0, 0.05) is 12.6 Å². The van der Waals surface area contributed by atoms with E-state index < -0.39 is 17.4 Å². The van der Waals surface area contributed by atoms with Gasteiger partial charge in [-0.25, -0.2) is 0 Å². The lowest BCUT2D eigenvalue weighted by Gasteiger charge is -2.10. The third-order valence-electron chi connectivity index (χ3n) is 2.79. The van der Waals surface area contributed by atoms with Crippen molar-refractivity contribution in [2.75, 3.05) is 0 Å². The highest BCUT2D eigenvalue weighted by Gasteiger charge is 2.32. The third kappa shape index (κ3) is 3.36. The molecule has 1 heterocycles. The summed E-state index contributed by atoms with van der Waals surface area (Å²) in [6, 6.07) is 9.85. The monoisotopic (exact) mass is 300 g/mol. The zero-order valence-corrected chi connectivity index (χ0v) is 11.1. The maximum atomic E-state index is 12.5. The van der Waals surface area contributed by atoms with Crippen molar-refractivity contribution in [3.8, 4) is 0 Å². The number of nitrogens with zero attached hydrogens (tertiary/aromatic N) is 1. The molecule has 106 valence electrons. The molecule has 2 aromatic rings. The van der Waals surface area contributed by atoms with Gasteiger partial charge in [-0.05, 0) is 24.2 Å². The Morgan fingerprint density at radius 3 is 2.40 bits per heavy atom. The minimum absolute atomic E-state index is 0.222. The van der Waals surface area contributed by atoms with Crippen molar-refractivity contribution in [1.82, 2.24) is 9.55 Å². The fourth-order valence-corrected chi connectivity index (χ4v) is 2.06. The van der Waals surface area contributed by atoms with Crippen molar-refractivity contribution in [2.24, 2.45) is 0 Å². The molecule has 0 bridgehead atoms. The van der Waals surface area contributed by atoms with Crippen LogP contribution in [-0.2, 0) is 19.1 Å². The molecule has 0 amide bonds. The lowest BCUT2D eigenvalue weighted by Crippen LogP contribution is -2.25. The van der Waals surface area contributed by atoms with Crippen molar-refractivity contribution in [3.63, 3.8) is 0 Å². The number of aromatic amines is 1. The van der Waals surface area contributed by atoms with Crippen LogP contribution in [0.2, 0.25) is 0 Å². The average Bonchev–Trinajstić information content (AvgIpc) is 2.37. The predicted octanol–water partition coefficient (Wildman–Crippen LogP) is 3.17. The van der Waals surface area contributed by atoms with E-state index in [0.717, 1.165) is 10.1 Å². The van der Waals surface area contributed by atoms with Crippen molar-refractivity contribution >= 4 is 12.2 Å². The molecular formula is C13H11F3N2OS. The lowest BCUT2D eigenvalue weighted by atomic mass is 10.1. The van der Waals surface area contributed by atoms with Crippen molar-refractivity contribution in [1.29, 1.82) is 0 Å². The Kier molecular flexibility index (Phi) is 4.08. The van der Waals surface area contributed by atoms with Crippen LogP contribution in [0.4, 0.5) is 13.2 Å². The van der Waals surface area contributed by atoms with Gasteiger partial charge in [-0.15, -0.1) is 0 Å². The molecule has 20 heavy (non-hydrogen) atoms. The van der Waals surface area contributed by atoms with Crippen LogP contribution in [0.5, 0.6) is 0 Å².